The lowest BCUT2D eigenvalue weighted by Gasteiger charge is -2.30. The third-order valence-electron chi connectivity index (χ3n) is 8.33. The molecule has 0 saturated carbocycles. The maximum atomic E-state index is 12.2. The van der Waals surface area contributed by atoms with Gasteiger partial charge in [-0.1, -0.05) is 12.8 Å². The standard InChI is InChI=1S/C26H40N8O14P2S/c27-25-32-22-19(23(39)33-25)29-12-34(22)24-21(38)20(37)14(46-24)10-45-49(41,42)48-50(43,44)47-17(36)8-2-1-5-9-28-16(35)7-4-3-6-15-18-13(11-51-15)30-26(40)31-18/h12-15,18,20-21,24,37-38H,1-11H2,(H,28,35)(H,41,42)(H,43,44)(H2,30,31,40)(H3,27,32,33,39)/p-2/t13?,14-,15?,18?,20+,21?,24-/m1/s1. The molecule has 0 radical (unpaired) electrons. The van der Waals surface area contributed by atoms with Gasteiger partial charge < -0.3 is 55.5 Å². The topological polar surface area (TPSA) is 335 Å². The summed E-state index contributed by atoms with van der Waals surface area (Å²) in [4.78, 5) is 81.9. The van der Waals surface area contributed by atoms with E-state index < -0.39 is 58.3 Å². The first kappa shape index (κ1) is 39.1. The number of ether oxygens (including phenoxy) is 1. The van der Waals surface area contributed by atoms with Gasteiger partial charge in [0.1, 0.15) is 18.3 Å². The molecule has 0 spiro atoms. The maximum absolute atomic E-state index is 12.2. The summed E-state index contributed by atoms with van der Waals surface area (Å²) in [6.45, 7) is -0.683. The third kappa shape index (κ3) is 10.3. The number of aliphatic hydroxyl groups excluding tert-OH is 2. The van der Waals surface area contributed by atoms with Crippen LogP contribution in [-0.2, 0) is 36.8 Å². The second kappa shape index (κ2) is 16.7. The molecule has 2 aromatic rings. The van der Waals surface area contributed by atoms with E-state index in [2.05, 4.69) is 44.3 Å². The van der Waals surface area contributed by atoms with Crippen molar-refractivity contribution in [3.8, 4) is 0 Å². The number of aliphatic hydroxyl groups is 2. The highest BCUT2D eigenvalue weighted by Crippen LogP contribution is 2.56. The lowest BCUT2D eigenvalue weighted by molar-refractivity contribution is -0.244. The van der Waals surface area contributed by atoms with Crippen LogP contribution in [0.15, 0.2) is 11.1 Å². The minimum Gasteiger partial charge on any atom is -0.756 e. The van der Waals surface area contributed by atoms with Gasteiger partial charge in [0.15, 0.2) is 17.4 Å². The first-order valence-corrected chi connectivity index (χ1v) is 20.0. The molecular formula is C26H38N8O14P2S-2. The molecule has 284 valence electrons. The number of carbonyl (C=O) groups is 3. The van der Waals surface area contributed by atoms with Gasteiger partial charge in [-0.3, -0.25) is 33.1 Å². The molecule has 9 atom stereocenters. The summed E-state index contributed by atoms with van der Waals surface area (Å²) in [5, 5.41) is 29.8. The second-order valence-corrected chi connectivity index (χ2v) is 16.2. The highest BCUT2D eigenvalue weighted by molar-refractivity contribution is 8.00. The summed E-state index contributed by atoms with van der Waals surface area (Å²) in [6.07, 6.45) is -1.85. The number of nitrogens with zero attached hydrogens (tertiary/aromatic N) is 3. The molecule has 3 aliphatic rings. The number of fused-ring (bicyclic) bond motifs is 2. The number of nitrogens with one attached hydrogen (secondary N) is 4. The molecule has 3 aliphatic heterocycles. The zero-order chi connectivity index (χ0) is 36.9. The van der Waals surface area contributed by atoms with Crippen LogP contribution >= 0.6 is 27.4 Å². The van der Waals surface area contributed by atoms with Crippen LogP contribution in [0.5, 0.6) is 0 Å². The van der Waals surface area contributed by atoms with E-state index in [9.17, 15) is 48.3 Å². The lowest BCUT2D eigenvalue weighted by Crippen LogP contribution is -2.36. The van der Waals surface area contributed by atoms with Crippen molar-refractivity contribution in [1.82, 2.24) is 35.5 Å². The van der Waals surface area contributed by atoms with E-state index in [4.69, 9.17) is 10.5 Å². The van der Waals surface area contributed by atoms with E-state index >= 15 is 0 Å². The quantitative estimate of drug-likeness (QED) is 0.0500. The molecule has 3 fully saturated rings. The number of unbranched alkanes of at least 4 members (excludes halogenated alkanes) is 3. The van der Waals surface area contributed by atoms with Crippen LogP contribution in [-0.4, -0.2) is 102 Å². The summed E-state index contributed by atoms with van der Waals surface area (Å²) >= 11 is 1.82. The van der Waals surface area contributed by atoms with Gasteiger partial charge in [0.25, 0.3) is 13.4 Å². The molecule has 5 heterocycles. The molecule has 0 bridgehead atoms. The van der Waals surface area contributed by atoms with E-state index in [0.717, 1.165) is 29.5 Å². The first-order chi connectivity index (χ1) is 24.1. The Hall–Kier alpha value is -3.11. The molecule has 2 aromatic heterocycles. The number of rotatable bonds is 18. The molecule has 25 heteroatoms. The first-order valence-electron chi connectivity index (χ1n) is 16.0. The van der Waals surface area contributed by atoms with Crippen molar-refractivity contribution in [2.45, 2.75) is 93.2 Å². The number of imidazole rings is 1. The van der Waals surface area contributed by atoms with Crippen LogP contribution in [0.25, 0.3) is 11.2 Å². The van der Waals surface area contributed by atoms with Crippen molar-refractivity contribution in [2.24, 2.45) is 0 Å². The number of hydrogen-bond donors (Lipinski definition) is 7. The van der Waals surface area contributed by atoms with Crippen molar-refractivity contribution >= 4 is 62.4 Å². The van der Waals surface area contributed by atoms with Crippen molar-refractivity contribution in [3.63, 3.8) is 0 Å². The molecule has 6 unspecified atom stereocenters. The van der Waals surface area contributed by atoms with Crippen molar-refractivity contribution < 1.29 is 61.6 Å². The predicted octanol–water partition coefficient (Wildman–Crippen LogP) is -1.76. The maximum Gasteiger partial charge on any atom is 0.328 e. The van der Waals surface area contributed by atoms with Crippen LogP contribution in [0, 0.1) is 0 Å². The Kier molecular flexibility index (Phi) is 12.8. The van der Waals surface area contributed by atoms with Gasteiger partial charge in [-0.2, -0.15) is 16.7 Å². The minimum atomic E-state index is -5.75. The predicted molar refractivity (Wildman–Crippen MR) is 172 cm³/mol. The molecule has 5 rings (SSSR count). The number of nitrogen functional groups attached to an aromatic ring is 1. The Balaban J connectivity index is 0.941. The highest BCUT2D eigenvalue weighted by Gasteiger charge is 2.45. The number of phosphoric acid groups is 2. The normalized spacial score (nSPS) is 28.1. The van der Waals surface area contributed by atoms with Crippen molar-refractivity contribution in [1.29, 1.82) is 0 Å². The number of phosphoric ester groups is 2. The summed E-state index contributed by atoms with van der Waals surface area (Å²) < 4.78 is 43.5. The van der Waals surface area contributed by atoms with Gasteiger partial charge in [0.2, 0.25) is 11.9 Å². The number of thioether (sulfide) groups is 1. The van der Waals surface area contributed by atoms with Gasteiger partial charge >= 0.3 is 19.8 Å². The lowest BCUT2D eigenvalue weighted by atomic mass is 10.0. The number of amides is 3. The minimum absolute atomic E-state index is 0.108. The highest BCUT2D eigenvalue weighted by atomic mass is 32.2. The van der Waals surface area contributed by atoms with Crippen LogP contribution in [0.2, 0.25) is 0 Å². The van der Waals surface area contributed by atoms with Crippen LogP contribution in [0.1, 0.15) is 57.6 Å². The summed E-state index contributed by atoms with van der Waals surface area (Å²) in [5.74, 6) is -0.793. The van der Waals surface area contributed by atoms with Crippen LogP contribution < -0.4 is 37.0 Å². The zero-order valence-electron chi connectivity index (χ0n) is 26.9. The SMILES string of the molecule is Nc1nc2c(ncn2[C@@H]2O[C@H](COP(=O)([O-])OP(=O)([O-])OC(=O)CCCCCNC(=O)CCCCC3SCC4NC(=O)NC43)[C@H](O)C2O)c(=O)[nH]1. The largest absolute Gasteiger partial charge is 0.756 e. The van der Waals surface area contributed by atoms with Crippen LogP contribution in [0.4, 0.5) is 10.7 Å². The van der Waals surface area contributed by atoms with Crippen LogP contribution in [0.3, 0.4) is 0 Å². The third-order valence-corrected chi connectivity index (χ3v) is 12.3. The summed E-state index contributed by atoms with van der Waals surface area (Å²) in [6, 6.07) is 0.150. The number of aromatic nitrogens is 4. The van der Waals surface area contributed by atoms with E-state index in [-0.39, 0.29) is 54.0 Å². The van der Waals surface area contributed by atoms with Gasteiger partial charge in [-0.15, -0.1) is 0 Å². The van der Waals surface area contributed by atoms with Gasteiger partial charge in [0.05, 0.1) is 25.0 Å². The van der Waals surface area contributed by atoms with E-state index in [0.29, 0.717) is 37.5 Å². The summed E-state index contributed by atoms with van der Waals surface area (Å²) in [7, 11) is -11.5. The second-order valence-electron chi connectivity index (χ2n) is 12.1. The van der Waals surface area contributed by atoms with Gasteiger partial charge in [0, 0.05) is 30.4 Å². The number of anilines is 1. The summed E-state index contributed by atoms with van der Waals surface area (Å²) in [5.41, 5.74) is 4.59. The number of hydrogen-bond acceptors (Lipinski definition) is 18. The number of aromatic amines is 1. The number of urea groups is 1. The number of carbonyl (C=O) groups excluding carboxylic acids is 3. The fourth-order valence-electron chi connectivity index (χ4n) is 5.89. The van der Waals surface area contributed by atoms with E-state index in [1.165, 1.54) is 0 Å². The van der Waals surface area contributed by atoms with Gasteiger partial charge in [-0.25, -0.2) is 14.1 Å². The Labute approximate surface area is 293 Å². The molecule has 0 aromatic carbocycles. The smallest absolute Gasteiger partial charge is 0.328 e. The Morgan fingerprint density at radius 1 is 1.10 bits per heavy atom. The number of nitrogens with two attached hydrogens (primary N) is 1. The average Bonchev–Trinajstić information content (AvgIpc) is 3.79. The van der Waals surface area contributed by atoms with E-state index in [1.807, 2.05) is 11.8 Å². The fourth-order valence-corrected chi connectivity index (χ4v) is 9.40. The molecule has 8 N–H and O–H groups in total. The molecule has 3 saturated heterocycles. The van der Waals surface area contributed by atoms with E-state index in [1.54, 1.807) is 0 Å². The van der Waals surface area contributed by atoms with Gasteiger partial charge in [-0.05, 0) is 25.7 Å². The fraction of sp³-hybridized carbons (Fsp3) is 0.692. The molecule has 3 amide bonds. The van der Waals surface area contributed by atoms with Crippen molar-refractivity contribution in [2.75, 3.05) is 24.6 Å². The Morgan fingerprint density at radius 3 is 2.65 bits per heavy atom. The Morgan fingerprint density at radius 2 is 1.86 bits per heavy atom. The number of H-pyrrole nitrogens is 1. The van der Waals surface area contributed by atoms with Crippen molar-refractivity contribution in [3.05, 3.63) is 16.7 Å². The Bertz CT molecular complexity index is 1750. The molecule has 0 aliphatic carbocycles. The average molecular weight is 781 g/mol. The monoisotopic (exact) mass is 780 g/mol. The molecule has 22 nitrogen and oxygen atoms in total. The molecule has 51 heavy (non-hydrogen) atoms. The molecular weight excluding hydrogens is 742 g/mol. The zero-order valence-corrected chi connectivity index (χ0v) is 29.5.